The molecule has 2 aliphatic heterocycles. The fourth-order valence-corrected chi connectivity index (χ4v) is 6.34. The van der Waals surface area contributed by atoms with Crippen LogP contribution in [0.5, 0.6) is 5.75 Å². The van der Waals surface area contributed by atoms with Gasteiger partial charge in [0.15, 0.2) is 12.1 Å². The van der Waals surface area contributed by atoms with Crippen molar-refractivity contribution in [3.8, 4) is 5.75 Å². The lowest BCUT2D eigenvalue weighted by Gasteiger charge is -2.35. The molecule has 262 valence electrons. The van der Waals surface area contributed by atoms with Crippen LogP contribution in [0.3, 0.4) is 0 Å². The quantitative estimate of drug-likeness (QED) is 0.222. The molecule has 2 aliphatic rings. The van der Waals surface area contributed by atoms with Crippen LogP contribution in [0.15, 0.2) is 84.9 Å². The summed E-state index contributed by atoms with van der Waals surface area (Å²) in [5.74, 6) is -1.29. The number of carbonyl (C=O) groups is 3. The molecule has 2 saturated heterocycles. The SMILES string of the molecule is COc1ccc(CCN(C(=O)NCc2ccccc2)[C@@H](Cc2ccccc2)C(=O)N[C@@H](CC(N)=O)[C@@H]2O[C@H]3OC(C)(C)O[C@H]3[C@@H]2OC)cc1. The molecule has 6 atom stereocenters. The molecular weight excluding hydrogens is 628 g/mol. The number of nitrogens with one attached hydrogen (secondary N) is 2. The van der Waals surface area contributed by atoms with Gasteiger partial charge in [0.25, 0.3) is 0 Å². The molecule has 5 rings (SSSR count). The zero-order chi connectivity index (χ0) is 35.0. The molecule has 49 heavy (non-hydrogen) atoms. The number of benzene rings is 3. The minimum absolute atomic E-state index is 0.211. The highest BCUT2D eigenvalue weighted by atomic mass is 16.8. The van der Waals surface area contributed by atoms with Crippen LogP contribution in [-0.2, 0) is 47.9 Å². The second-order valence-electron chi connectivity index (χ2n) is 12.7. The van der Waals surface area contributed by atoms with E-state index in [-0.39, 0.29) is 25.9 Å². The van der Waals surface area contributed by atoms with Crippen LogP contribution in [-0.4, -0.2) is 86.0 Å². The largest absolute Gasteiger partial charge is 0.497 e. The number of nitrogens with zero attached hydrogens (tertiary/aromatic N) is 1. The summed E-state index contributed by atoms with van der Waals surface area (Å²) in [6.07, 6.45) is -2.37. The maximum absolute atomic E-state index is 14.5. The molecule has 4 amide bonds. The number of carbonyl (C=O) groups excluding carboxylic acids is 3. The van der Waals surface area contributed by atoms with Crippen molar-refractivity contribution in [3.05, 3.63) is 102 Å². The number of urea groups is 1. The monoisotopic (exact) mass is 674 g/mol. The van der Waals surface area contributed by atoms with E-state index in [1.54, 1.807) is 25.9 Å². The predicted molar refractivity (Wildman–Crippen MR) is 181 cm³/mol. The van der Waals surface area contributed by atoms with Crippen LogP contribution in [0.1, 0.15) is 37.0 Å². The van der Waals surface area contributed by atoms with Crippen molar-refractivity contribution in [2.75, 3.05) is 20.8 Å². The van der Waals surface area contributed by atoms with Gasteiger partial charge in [0, 0.05) is 33.0 Å². The first-order chi connectivity index (χ1) is 23.6. The summed E-state index contributed by atoms with van der Waals surface area (Å²) >= 11 is 0. The molecule has 12 nitrogen and oxygen atoms in total. The van der Waals surface area contributed by atoms with Gasteiger partial charge >= 0.3 is 6.03 Å². The third-order valence-corrected chi connectivity index (χ3v) is 8.74. The summed E-state index contributed by atoms with van der Waals surface area (Å²) < 4.78 is 29.3. The van der Waals surface area contributed by atoms with Crippen molar-refractivity contribution in [1.29, 1.82) is 0 Å². The average Bonchev–Trinajstić information content (AvgIpc) is 3.58. The third-order valence-electron chi connectivity index (χ3n) is 8.74. The Morgan fingerprint density at radius 3 is 2.16 bits per heavy atom. The van der Waals surface area contributed by atoms with Gasteiger partial charge in [-0.05, 0) is 49.1 Å². The number of nitrogens with two attached hydrogens (primary N) is 1. The van der Waals surface area contributed by atoms with Gasteiger partial charge in [-0.1, -0.05) is 72.8 Å². The Bertz CT molecular complexity index is 1540. The molecule has 4 N–H and O–H groups in total. The van der Waals surface area contributed by atoms with Crippen molar-refractivity contribution < 1.29 is 38.1 Å². The van der Waals surface area contributed by atoms with Gasteiger partial charge in [0.1, 0.15) is 30.1 Å². The van der Waals surface area contributed by atoms with E-state index >= 15 is 0 Å². The van der Waals surface area contributed by atoms with Crippen LogP contribution in [0.4, 0.5) is 4.79 Å². The summed E-state index contributed by atoms with van der Waals surface area (Å²) in [6, 6.07) is 24.3. The van der Waals surface area contributed by atoms with Crippen molar-refractivity contribution in [3.63, 3.8) is 0 Å². The lowest BCUT2D eigenvalue weighted by Crippen LogP contribution is -2.59. The standard InChI is InChI=1S/C37H46N4O8/c1-37(2)48-33-32(46-4)31(47-35(33)49-37)28(22-30(38)42)40-34(43)29(21-25-11-7-5-8-12-25)41(20-19-24-15-17-27(45-3)18-16-24)36(44)39-23-26-13-9-6-10-14-26/h5-18,28-29,31-33,35H,19-23H2,1-4H3,(H2,38,42)(H,39,44)(H,40,43)/t28-,29-,31-,32+,33-,35-/m0/s1. The van der Waals surface area contributed by atoms with E-state index in [4.69, 9.17) is 29.4 Å². The maximum Gasteiger partial charge on any atom is 0.318 e. The first-order valence-electron chi connectivity index (χ1n) is 16.4. The number of hydrogen-bond acceptors (Lipinski definition) is 8. The molecule has 0 bridgehead atoms. The summed E-state index contributed by atoms with van der Waals surface area (Å²) in [6.45, 7) is 4.04. The number of amides is 4. The van der Waals surface area contributed by atoms with Crippen LogP contribution >= 0.6 is 0 Å². The van der Waals surface area contributed by atoms with E-state index in [0.717, 1.165) is 22.4 Å². The molecule has 12 heteroatoms. The highest BCUT2D eigenvalue weighted by Gasteiger charge is 2.57. The molecule has 0 aromatic heterocycles. The number of fused-ring (bicyclic) bond motifs is 1. The fraction of sp³-hybridized carbons (Fsp3) is 0.432. The molecule has 0 saturated carbocycles. The lowest BCUT2D eigenvalue weighted by molar-refractivity contribution is -0.220. The first-order valence-corrected chi connectivity index (χ1v) is 16.4. The van der Waals surface area contributed by atoms with Crippen molar-refractivity contribution in [1.82, 2.24) is 15.5 Å². The summed E-state index contributed by atoms with van der Waals surface area (Å²) in [7, 11) is 3.11. The van der Waals surface area contributed by atoms with Crippen LogP contribution in [0.25, 0.3) is 0 Å². The summed E-state index contributed by atoms with van der Waals surface area (Å²) in [5.41, 5.74) is 8.41. The topological polar surface area (TPSA) is 151 Å². The Morgan fingerprint density at radius 1 is 0.898 bits per heavy atom. The molecule has 0 radical (unpaired) electrons. The normalized spacial score (nSPS) is 22.0. The van der Waals surface area contributed by atoms with Gasteiger partial charge in [-0.25, -0.2) is 4.79 Å². The van der Waals surface area contributed by atoms with E-state index in [9.17, 15) is 14.4 Å². The van der Waals surface area contributed by atoms with Gasteiger partial charge in [-0.15, -0.1) is 0 Å². The number of methoxy groups -OCH3 is 2. The number of hydrogen-bond donors (Lipinski definition) is 3. The minimum Gasteiger partial charge on any atom is -0.497 e. The van der Waals surface area contributed by atoms with E-state index in [1.165, 1.54) is 7.11 Å². The number of primary amides is 1. The predicted octanol–water partition coefficient (Wildman–Crippen LogP) is 3.31. The number of ether oxygens (including phenoxy) is 5. The van der Waals surface area contributed by atoms with Crippen molar-refractivity contribution in [2.45, 2.75) is 82.1 Å². The molecule has 2 fully saturated rings. The van der Waals surface area contributed by atoms with Gasteiger partial charge in [-0.3, -0.25) is 9.59 Å². The van der Waals surface area contributed by atoms with Crippen LogP contribution < -0.4 is 21.1 Å². The Balaban J connectivity index is 1.43. The molecular formula is C37H46N4O8. The average molecular weight is 675 g/mol. The number of rotatable bonds is 15. The Kier molecular flexibility index (Phi) is 11.9. The lowest BCUT2D eigenvalue weighted by atomic mass is 9.98. The smallest absolute Gasteiger partial charge is 0.318 e. The van der Waals surface area contributed by atoms with Gasteiger partial charge in [0.05, 0.1) is 13.2 Å². The Hall–Kier alpha value is -4.49. The van der Waals surface area contributed by atoms with E-state index in [0.29, 0.717) is 6.42 Å². The van der Waals surface area contributed by atoms with E-state index in [1.807, 2.05) is 84.9 Å². The summed E-state index contributed by atoms with van der Waals surface area (Å²) in [4.78, 5) is 42.4. The van der Waals surface area contributed by atoms with Crippen molar-refractivity contribution >= 4 is 17.8 Å². The molecule has 2 heterocycles. The second kappa shape index (κ2) is 16.3. The van der Waals surface area contributed by atoms with E-state index < -0.39 is 60.3 Å². The zero-order valence-electron chi connectivity index (χ0n) is 28.4. The highest BCUT2D eigenvalue weighted by Crippen LogP contribution is 2.39. The molecule has 3 aromatic rings. The first kappa shape index (κ1) is 35.8. The fourth-order valence-electron chi connectivity index (χ4n) is 6.34. The zero-order valence-corrected chi connectivity index (χ0v) is 28.4. The maximum atomic E-state index is 14.5. The second-order valence-corrected chi connectivity index (χ2v) is 12.7. The molecule has 0 unspecified atom stereocenters. The Labute approximate surface area is 287 Å². The molecule has 0 spiro atoms. The summed E-state index contributed by atoms with van der Waals surface area (Å²) in [5, 5.41) is 6.01. The van der Waals surface area contributed by atoms with Crippen LogP contribution in [0, 0.1) is 0 Å². The van der Waals surface area contributed by atoms with Gasteiger partial charge in [0.2, 0.25) is 11.8 Å². The molecule has 3 aromatic carbocycles. The van der Waals surface area contributed by atoms with Gasteiger partial charge < -0.3 is 45.0 Å². The van der Waals surface area contributed by atoms with Crippen molar-refractivity contribution in [2.24, 2.45) is 5.73 Å². The highest BCUT2D eigenvalue weighted by molar-refractivity contribution is 5.88. The van der Waals surface area contributed by atoms with E-state index in [2.05, 4.69) is 10.6 Å². The molecule has 0 aliphatic carbocycles. The Morgan fingerprint density at radius 2 is 1.55 bits per heavy atom. The minimum atomic E-state index is -0.972. The van der Waals surface area contributed by atoms with Gasteiger partial charge in [-0.2, -0.15) is 0 Å². The third kappa shape index (κ3) is 9.36. The van der Waals surface area contributed by atoms with Crippen LogP contribution in [0.2, 0.25) is 0 Å².